The standard InChI is InChI=1S/C16H20BrN3O2/c1-16(2,3)22-15(21)20-10-8-19(9-11-20)14-5-4-13(6-7-17)18-12-14/h4-5,12H,8-11H2,1-3H3. The summed E-state index contributed by atoms with van der Waals surface area (Å²) in [6.07, 6.45) is 1.57. The van der Waals surface area contributed by atoms with Gasteiger partial charge in [0.2, 0.25) is 0 Å². The highest BCUT2D eigenvalue weighted by Crippen LogP contribution is 2.17. The number of amides is 1. The molecule has 0 radical (unpaired) electrons. The summed E-state index contributed by atoms with van der Waals surface area (Å²) in [6.45, 7) is 8.48. The Hall–Kier alpha value is -1.74. The first-order valence-electron chi connectivity index (χ1n) is 7.19. The van der Waals surface area contributed by atoms with E-state index in [9.17, 15) is 4.79 Å². The summed E-state index contributed by atoms with van der Waals surface area (Å²) in [6, 6.07) is 3.90. The number of ether oxygens (including phenoxy) is 1. The first-order chi connectivity index (χ1) is 10.4. The van der Waals surface area contributed by atoms with E-state index in [-0.39, 0.29) is 6.09 Å². The molecule has 2 heterocycles. The molecule has 22 heavy (non-hydrogen) atoms. The molecule has 0 spiro atoms. The van der Waals surface area contributed by atoms with E-state index in [2.05, 4.69) is 36.6 Å². The zero-order valence-corrected chi connectivity index (χ0v) is 14.7. The smallest absolute Gasteiger partial charge is 0.410 e. The van der Waals surface area contributed by atoms with Gasteiger partial charge >= 0.3 is 6.09 Å². The summed E-state index contributed by atoms with van der Waals surface area (Å²) < 4.78 is 5.40. The molecule has 1 aromatic heterocycles. The van der Waals surface area contributed by atoms with Crippen molar-refractivity contribution in [2.75, 3.05) is 31.1 Å². The average Bonchev–Trinajstić information content (AvgIpc) is 2.47. The number of piperazine rings is 1. The lowest BCUT2D eigenvalue weighted by atomic mass is 10.2. The number of hydrogen-bond acceptors (Lipinski definition) is 4. The highest BCUT2D eigenvalue weighted by molar-refractivity contribution is 9.12. The van der Waals surface area contributed by atoms with E-state index in [1.165, 1.54) is 0 Å². The number of carbonyl (C=O) groups is 1. The molecule has 118 valence electrons. The van der Waals surface area contributed by atoms with E-state index in [0.717, 1.165) is 24.5 Å². The molecule has 6 heteroatoms. The van der Waals surface area contributed by atoms with Crippen LogP contribution in [0, 0.1) is 10.8 Å². The van der Waals surface area contributed by atoms with Gasteiger partial charge in [-0.05, 0) is 43.7 Å². The van der Waals surface area contributed by atoms with Crippen LogP contribution in [0.2, 0.25) is 0 Å². The van der Waals surface area contributed by atoms with E-state index in [0.29, 0.717) is 13.1 Å². The lowest BCUT2D eigenvalue weighted by Crippen LogP contribution is -2.50. The summed E-state index contributed by atoms with van der Waals surface area (Å²) in [7, 11) is 0. The Morgan fingerprint density at radius 3 is 2.45 bits per heavy atom. The van der Waals surface area contributed by atoms with Gasteiger partial charge in [0.05, 0.1) is 11.9 Å². The fraction of sp³-hybridized carbons (Fsp3) is 0.500. The molecule has 1 aliphatic rings. The van der Waals surface area contributed by atoms with Gasteiger partial charge in [0.1, 0.15) is 11.3 Å². The van der Waals surface area contributed by atoms with Crippen molar-refractivity contribution in [3.63, 3.8) is 0 Å². The Kier molecular flexibility index (Phi) is 5.30. The van der Waals surface area contributed by atoms with Crippen molar-refractivity contribution in [3.8, 4) is 10.8 Å². The summed E-state index contributed by atoms with van der Waals surface area (Å²) in [4.78, 5) is 22.9. The van der Waals surface area contributed by atoms with Crippen LogP contribution < -0.4 is 4.90 Å². The second-order valence-corrected chi connectivity index (χ2v) is 6.47. The van der Waals surface area contributed by atoms with E-state index >= 15 is 0 Å². The minimum atomic E-state index is -0.454. The highest BCUT2D eigenvalue weighted by Gasteiger charge is 2.25. The number of hydrogen-bond donors (Lipinski definition) is 0. The lowest BCUT2D eigenvalue weighted by Gasteiger charge is -2.36. The first kappa shape index (κ1) is 16.6. The second-order valence-electron chi connectivity index (χ2n) is 6.08. The largest absolute Gasteiger partial charge is 0.444 e. The van der Waals surface area contributed by atoms with Gasteiger partial charge in [0, 0.05) is 42.1 Å². The van der Waals surface area contributed by atoms with Crippen molar-refractivity contribution in [1.82, 2.24) is 9.88 Å². The summed E-state index contributed by atoms with van der Waals surface area (Å²) in [5.41, 5.74) is 1.32. The van der Waals surface area contributed by atoms with Gasteiger partial charge < -0.3 is 14.5 Å². The lowest BCUT2D eigenvalue weighted by molar-refractivity contribution is 0.0240. The zero-order valence-electron chi connectivity index (χ0n) is 13.1. The van der Waals surface area contributed by atoms with Crippen LogP contribution in [-0.4, -0.2) is 47.8 Å². The topological polar surface area (TPSA) is 45.7 Å². The number of pyridine rings is 1. The fourth-order valence-corrected chi connectivity index (χ4v) is 2.37. The molecule has 5 nitrogen and oxygen atoms in total. The molecule has 0 unspecified atom stereocenters. The molecule has 1 fully saturated rings. The van der Waals surface area contributed by atoms with Crippen LogP contribution >= 0.6 is 15.9 Å². The maximum atomic E-state index is 12.0. The Morgan fingerprint density at radius 1 is 1.27 bits per heavy atom. The maximum Gasteiger partial charge on any atom is 0.410 e. The van der Waals surface area contributed by atoms with E-state index in [4.69, 9.17) is 4.74 Å². The van der Waals surface area contributed by atoms with Crippen LogP contribution in [0.3, 0.4) is 0 Å². The van der Waals surface area contributed by atoms with Crippen molar-refractivity contribution in [3.05, 3.63) is 24.0 Å². The molecule has 0 aliphatic carbocycles. The molecule has 0 aromatic carbocycles. The Labute approximate surface area is 139 Å². The monoisotopic (exact) mass is 365 g/mol. The third-order valence-electron chi connectivity index (χ3n) is 3.22. The summed E-state index contributed by atoms with van der Waals surface area (Å²) in [5.74, 6) is 2.85. The van der Waals surface area contributed by atoms with Gasteiger partial charge in [-0.2, -0.15) is 0 Å². The molecule has 0 atom stereocenters. The third-order valence-corrected chi connectivity index (χ3v) is 3.42. The van der Waals surface area contributed by atoms with Gasteiger partial charge in [-0.25, -0.2) is 9.78 Å². The predicted octanol–water partition coefficient (Wildman–Crippen LogP) is 2.84. The number of carbonyl (C=O) groups excluding carboxylic acids is 1. The maximum absolute atomic E-state index is 12.0. The van der Waals surface area contributed by atoms with Crippen LogP contribution in [-0.2, 0) is 4.74 Å². The van der Waals surface area contributed by atoms with Crippen molar-refractivity contribution in [1.29, 1.82) is 0 Å². The van der Waals surface area contributed by atoms with Crippen molar-refractivity contribution in [2.45, 2.75) is 26.4 Å². The fourth-order valence-electron chi connectivity index (χ4n) is 2.17. The van der Waals surface area contributed by atoms with Gasteiger partial charge in [-0.1, -0.05) is 0 Å². The molecule has 0 N–H and O–H groups in total. The number of rotatable bonds is 1. The van der Waals surface area contributed by atoms with E-state index in [1.807, 2.05) is 39.1 Å². The van der Waals surface area contributed by atoms with E-state index < -0.39 is 5.60 Å². The van der Waals surface area contributed by atoms with Crippen molar-refractivity contribution in [2.24, 2.45) is 0 Å². The van der Waals surface area contributed by atoms with Crippen LogP contribution in [0.4, 0.5) is 10.5 Å². The van der Waals surface area contributed by atoms with Gasteiger partial charge in [-0.3, -0.25) is 0 Å². The quantitative estimate of drug-likeness (QED) is 0.717. The Morgan fingerprint density at radius 2 is 1.95 bits per heavy atom. The number of anilines is 1. The highest BCUT2D eigenvalue weighted by atomic mass is 79.9. The predicted molar refractivity (Wildman–Crippen MR) is 90.1 cm³/mol. The van der Waals surface area contributed by atoms with Crippen LogP contribution in [0.5, 0.6) is 0 Å². The Bertz CT molecular complexity index is 576. The molecule has 1 aromatic rings. The molecule has 0 bridgehead atoms. The molecule has 1 saturated heterocycles. The van der Waals surface area contributed by atoms with Crippen LogP contribution in [0.1, 0.15) is 26.5 Å². The minimum Gasteiger partial charge on any atom is -0.444 e. The summed E-state index contributed by atoms with van der Waals surface area (Å²) >= 11 is 3.06. The number of halogens is 1. The van der Waals surface area contributed by atoms with Crippen LogP contribution in [0.25, 0.3) is 0 Å². The molecular formula is C16H20BrN3O2. The first-order valence-corrected chi connectivity index (χ1v) is 7.99. The second kappa shape index (κ2) is 7.01. The van der Waals surface area contributed by atoms with Crippen LogP contribution in [0.15, 0.2) is 18.3 Å². The van der Waals surface area contributed by atoms with Gasteiger partial charge in [0.15, 0.2) is 0 Å². The SMILES string of the molecule is CC(C)(C)OC(=O)N1CCN(c2ccc(C#CBr)nc2)CC1. The normalized spacial score (nSPS) is 15.1. The van der Waals surface area contributed by atoms with Gasteiger partial charge in [0.25, 0.3) is 0 Å². The average molecular weight is 366 g/mol. The third kappa shape index (κ3) is 4.63. The van der Waals surface area contributed by atoms with E-state index in [1.54, 1.807) is 4.90 Å². The number of aromatic nitrogens is 1. The minimum absolute atomic E-state index is 0.242. The molecule has 0 saturated carbocycles. The van der Waals surface area contributed by atoms with Crippen molar-refractivity contribution < 1.29 is 9.53 Å². The van der Waals surface area contributed by atoms with Crippen molar-refractivity contribution >= 4 is 27.7 Å². The Balaban J connectivity index is 1.91. The molecule has 1 amide bonds. The van der Waals surface area contributed by atoms with Gasteiger partial charge in [-0.15, -0.1) is 0 Å². The number of nitrogens with zero attached hydrogens (tertiary/aromatic N) is 3. The molecule has 2 rings (SSSR count). The zero-order chi connectivity index (χ0) is 16.2. The summed E-state index contributed by atoms with van der Waals surface area (Å²) in [5, 5.41) is 0. The molecular weight excluding hydrogens is 346 g/mol. The molecule has 1 aliphatic heterocycles.